The second kappa shape index (κ2) is 5.60. The van der Waals surface area contributed by atoms with Crippen LogP contribution >= 0.6 is 0 Å². The van der Waals surface area contributed by atoms with E-state index in [4.69, 9.17) is 5.73 Å². The van der Waals surface area contributed by atoms with Crippen LogP contribution in [0.5, 0.6) is 0 Å². The van der Waals surface area contributed by atoms with Crippen LogP contribution in [0.4, 0.5) is 11.6 Å². The molecule has 18 heavy (non-hydrogen) atoms. The van der Waals surface area contributed by atoms with Gasteiger partial charge < -0.3 is 10.6 Å². The average Bonchev–Trinajstić information content (AvgIpc) is 2.46. The third-order valence-corrected chi connectivity index (χ3v) is 2.94. The number of hydrogen-bond acceptors (Lipinski definition) is 4. The number of rotatable bonds is 4. The number of aryl methyl sites for hydroxylation is 1. The van der Waals surface area contributed by atoms with Gasteiger partial charge in [-0.25, -0.2) is 9.97 Å². The predicted molar refractivity (Wildman–Crippen MR) is 73.8 cm³/mol. The second-order valence-corrected chi connectivity index (χ2v) is 4.13. The third kappa shape index (κ3) is 2.65. The van der Waals surface area contributed by atoms with Crippen LogP contribution < -0.4 is 10.6 Å². The zero-order chi connectivity index (χ0) is 13.0. The SMILES string of the molecule is CCc1ccc(N(C)c2nccc(CN)n2)cc1. The largest absolute Gasteiger partial charge is 0.325 e. The Morgan fingerprint density at radius 1 is 1.17 bits per heavy atom. The lowest BCUT2D eigenvalue weighted by Crippen LogP contribution is -2.14. The maximum atomic E-state index is 5.59. The molecule has 0 aliphatic rings. The molecule has 0 radical (unpaired) electrons. The predicted octanol–water partition coefficient (Wildman–Crippen LogP) is 2.27. The normalized spacial score (nSPS) is 10.4. The van der Waals surface area contributed by atoms with Gasteiger partial charge in [0.25, 0.3) is 0 Å². The molecule has 2 aromatic rings. The Morgan fingerprint density at radius 2 is 1.89 bits per heavy atom. The van der Waals surface area contributed by atoms with Gasteiger partial charge in [-0.05, 0) is 30.2 Å². The Morgan fingerprint density at radius 3 is 2.50 bits per heavy atom. The van der Waals surface area contributed by atoms with Gasteiger partial charge in [0.2, 0.25) is 5.95 Å². The van der Waals surface area contributed by atoms with Gasteiger partial charge in [0, 0.05) is 25.5 Å². The minimum atomic E-state index is 0.429. The van der Waals surface area contributed by atoms with Gasteiger partial charge >= 0.3 is 0 Å². The van der Waals surface area contributed by atoms with Crippen molar-refractivity contribution >= 4 is 11.6 Å². The molecule has 2 rings (SSSR count). The number of hydrogen-bond donors (Lipinski definition) is 1. The highest BCUT2D eigenvalue weighted by Gasteiger charge is 2.07. The summed E-state index contributed by atoms with van der Waals surface area (Å²) in [6, 6.07) is 10.2. The van der Waals surface area contributed by atoms with Gasteiger partial charge in [0.15, 0.2) is 0 Å². The fraction of sp³-hybridized carbons (Fsp3) is 0.286. The maximum Gasteiger partial charge on any atom is 0.229 e. The summed E-state index contributed by atoms with van der Waals surface area (Å²) in [6.07, 6.45) is 2.78. The van der Waals surface area contributed by atoms with Gasteiger partial charge in [0.1, 0.15) is 0 Å². The van der Waals surface area contributed by atoms with E-state index in [1.807, 2.05) is 18.0 Å². The summed E-state index contributed by atoms with van der Waals surface area (Å²) in [5.41, 5.74) is 8.82. The Balaban J connectivity index is 2.25. The number of aromatic nitrogens is 2. The van der Waals surface area contributed by atoms with Crippen molar-refractivity contribution in [1.29, 1.82) is 0 Å². The van der Waals surface area contributed by atoms with E-state index in [1.54, 1.807) is 6.20 Å². The molecule has 0 saturated heterocycles. The van der Waals surface area contributed by atoms with Crippen molar-refractivity contribution in [3.05, 3.63) is 47.8 Å². The van der Waals surface area contributed by atoms with Crippen LogP contribution in [0.15, 0.2) is 36.5 Å². The molecular weight excluding hydrogens is 224 g/mol. The van der Waals surface area contributed by atoms with E-state index in [-0.39, 0.29) is 0 Å². The minimum Gasteiger partial charge on any atom is -0.325 e. The maximum absolute atomic E-state index is 5.59. The molecule has 2 N–H and O–H groups in total. The smallest absolute Gasteiger partial charge is 0.229 e. The summed E-state index contributed by atoms with van der Waals surface area (Å²) >= 11 is 0. The highest BCUT2D eigenvalue weighted by molar-refractivity contribution is 5.56. The summed E-state index contributed by atoms with van der Waals surface area (Å²) in [4.78, 5) is 10.6. The number of nitrogens with two attached hydrogens (primary N) is 1. The molecule has 0 saturated carbocycles. The van der Waals surface area contributed by atoms with Crippen LogP contribution in [0.2, 0.25) is 0 Å². The highest BCUT2D eigenvalue weighted by Crippen LogP contribution is 2.20. The lowest BCUT2D eigenvalue weighted by Gasteiger charge is -2.17. The first kappa shape index (κ1) is 12.5. The van der Waals surface area contributed by atoms with E-state index in [0.717, 1.165) is 17.8 Å². The van der Waals surface area contributed by atoms with Crippen molar-refractivity contribution in [1.82, 2.24) is 9.97 Å². The van der Waals surface area contributed by atoms with Crippen molar-refractivity contribution in [2.45, 2.75) is 19.9 Å². The fourth-order valence-corrected chi connectivity index (χ4v) is 1.73. The van der Waals surface area contributed by atoms with Crippen molar-refractivity contribution in [3.63, 3.8) is 0 Å². The Hall–Kier alpha value is -1.94. The molecule has 0 fully saturated rings. The van der Waals surface area contributed by atoms with Crippen LogP contribution in [0.3, 0.4) is 0 Å². The zero-order valence-corrected chi connectivity index (χ0v) is 10.8. The van der Waals surface area contributed by atoms with Gasteiger partial charge in [-0.15, -0.1) is 0 Å². The molecule has 0 spiro atoms. The molecule has 1 aromatic carbocycles. The van der Waals surface area contributed by atoms with E-state index in [0.29, 0.717) is 12.5 Å². The molecule has 0 bridgehead atoms. The lowest BCUT2D eigenvalue weighted by atomic mass is 10.1. The number of benzene rings is 1. The minimum absolute atomic E-state index is 0.429. The van der Waals surface area contributed by atoms with Crippen LogP contribution in [-0.2, 0) is 13.0 Å². The van der Waals surface area contributed by atoms with Crippen LogP contribution in [-0.4, -0.2) is 17.0 Å². The molecule has 4 nitrogen and oxygen atoms in total. The molecule has 1 aromatic heterocycles. The summed E-state index contributed by atoms with van der Waals surface area (Å²) in [7, 11) is 1.95. The molecule has 4 heteroatoms. The zero-order valence-electron chi connectivity index (χ0n) is 10.8. The van der Waals surface area contributed by atoms with E-state index in [9.17, 15) is 0 Å². The Labute approximate surface area is 107 Å². The first-order valence-electron chi connectivity index (χ1n) is 6.09. The molecular formula is C14H18N4. The fourth-order valence-electron chi connectivity index (χ4n) is 1.73. The quantitative estimate of drug-likeness (QED) is 0.893. The van der Waals surface area contributed by atoms with Gasteiger partial charge in [-0.3, -0.25) is 0 Å². The first-order chi connectivity index (χ1) is 8.74. The third-order valence-electron chi connectivity index (χ3n) is 2.94. The topological polar surface area (TPSA) is 55.0 Å². The summed E-state index contributed by atoms with van der Waals surface area (Å²) in [5.74, 6) is 0.669. The Kier molecular flexibility index (Phi) is 3.89. The summed E-state index contributed by atoms with van der Waals surface area (Å²) in [5, 5.41) is 0. The molecule has 94 valence electrons. The molecule has 0 amide bonds. The molecule has 0 unspecified atom stereocenters. The van der Waals surface area contributed by atoms with E-state index < -0.39 is 0 Å². The van der Waals surface area contributed by atoms with E-state index in [2.05, 4.69) is 41.2 Å². The van der Waals surface area contributed by atoms with Gasteiger partial charge in [0.05, 0.1) is 5.69 Å². The lowest BCUT2D eigenvalue weighted by molar-refractivity contribution is 0.938. The number of anilines is 2. The van der Waals surface area contributed by atoms with E-state index >= 15 is 0 Å². The standard InChI is InChI=1S/C14H18N4/c1-3-11-4-6-13(7-5-11)18(2)14-16-9-8-12(10-15)17-14/h4-9H,3,10,15H2,1-2H3. The molecule has 0 aliphatic heterocycles. The van der Waals surface area contributed by atoms with Crippen LogP contribution in [0.1, 0.15) is 18.2 Å². The average molecular weight is 242 g/mol. The van der Waals surface area contributed by atoms with Crippen molar-refractivity contribution < 1.29 is 0 Å². The van der Waals surface area contributed by atoms with Gasteiger partial charge in [-0.2, -0.15) is 0 Å². The second-order valence-electron chi connectivity index (χ2n) is 4.13. The first-order valence-corrected chi connectivity index (χ1v) is 6.09. The summed E-state index contributed by atoms with van der Waals surface area (Å²) < 4.78 is 0. The molecule has 1 heterocycles. The van der Waals surface area contributed by atoms with Crippen LogP contribution in [0, 0.1) is 0 Å². The van der Waals surface area contributed by atoms with Gasteiger partial charge in [-0.1, -0.05) is 19.1 Å². The molecule has 0 atom stereocenters. The highest BCUT2D eigenvalue weighted by atomic mass is 15.2. The Bertz CT molecular complexity index is 507. The van der Waals surface area contributed by atoms with Crippen LogP contribution in [0.25, 0.3) is 0 Å². The van der Waals surface area contributed by atoms with E-state index in [1.165, 1.54) is 5.56 Å². The monoisotopic (exact) mass is 242 g/mol. The summed E-state index contributed by atoms with van der Waals surface area (Å²) in [6.45, 7) is 2.57. The molecule has 0 aliphatic carbocycles. The number of nitrogens with zero attached hydrogens (tertiary/aromatic N) is 3. The van der Waals surface area contributed by atoms with Crippen molar-refractivity contribution in [2.24, 2.45) is 5.73 Å². The van der Waals surface area contributed by atoms with Crippen molar-refractivity contribution in [3.8, 4) is 0 Å². The van der Waals surface area contributed by atoms with Crippen molar-refractivity contribution in [2.75, 3.05) is 11.9 Å².